The Hall–Kier alpha value is -1.86. The monoisotopic (exact) mass is 296 g/mol. The molecular weight excluding hydrogens is 272 g/mol. The van der Waals surface area contributed by atoms with Crippen LogP contribution in [0.5, 0.6) is 11.5 Å². The van der Waals surface area contributed by atoms with Crippen molar-refractivity contribution in [2.45, 2.75) is 13.0 Å². The zero-order chi connectivity index (χ0) is 15.7. The lowest BCUT2D eigenvalue weighted by molar-refractivity contribution is 0.144. The summed E-state index contributed by atoms with van der Waals surface area (Å²) in [4.78, 5) is 6.48. The molecule has 0 atom stereocenters. The average Bonchev–Trinajstić information content (AvgIpc) is 2.49. The van der Waals surface area contributed by atoms with Crippen LogP contribution in [0.25, 0.3) is 0 Å². The average molecular weight is 296 g/mol. The Morgan fingerprint density at radius 1 is 1.29 bits per heavy atom. The van der Waals surface area contributed by atoms with Gasteiger partial charge in [0, 0.05) is 45.4 Å². The van der Waals surface area contributed by atoms with Gasteiger partial charge in [0.15, 0.2) is 11.5 Å². The van der Waals surface area contributed by atoms with Crippen molar-refractivity contribution in [3.63, 3.8) is 0 Å². The number of aromatic nitrogens is 1. The van der Waals surface area contributed by atoms with E-state index in [1.165, 1.54) is 0 Å². The highest BCUT2D eigenvalue weighted by molar-refractivity contribution is 5.76. The fourth-order valence-corrected chi connectivity index (χ4v) is 1.94. The lowest BCUT2D eigenvalue weighted by atomic mass is 10.2. The smallest absolute Gasteiger partial charge is 0.183 e. The predicted octanol–water partition coefficient (Wildman–Crippen LogP) is 0.873. The van der Waals surface area contributed by atoms with Crippen molar-refractivity contribution in [3.05, 3.63) is 18.0 Å². The zero-order valence-electron chi connectivity index (χ0n) is 12.9. The van der Waals surface area contributed by atoms with Gasteiger partial charge in [-0.1, -0.05) is 0 Å². The topological polar surface area (TPSA) is 93.7 Å². The van der Waals surface area contributed by atoms with Gasteiger partial charge in [-0.05, 0) is 0 Å². The summed E-state index contributed by atoms with van der Waals surface area (Å²) >= 11 is 0. The van der Waals surface area contributed by atoms with E-state index >= 15 is 0 Å². The number of methoxy groups -OCH3 is 3. The molecule has 1 rings (SSSR count). The molecule has 118 valence electrons. The van der Waals surface area contributed by atoms with E-state index in [1.54, 1.807) is 33.6 Å². The van der Waals surface area contributed by atoms with Crippen LogP contribution in [0.4, 0.5) is 0 Å². The number of nitrogens with two attached hydrogens (primary N) is 1. The predicted molar refractivity (Wildman–Crippen MR) is 81.0 cm³/mol. The molecule has 0 saturated heterocycles. The number of rotatable bonds is 10. The van der Waals surface area contributed by atoms with Crippen LogP contribution < -0.4 is 15.2 Å². The molecule has 0 radical (unpaired) electrons. The van der Waals surface area contributed by atoms with Gasteiger partial charge >= 0.3 is 0 Å². The van der Waals surface area contributed by atoms with Crippen LogP contribution in [0, 0.1) is 5.41 Å². The Labute approximate surface area is 125 Å². The molecule has 21 heavy (non-hydrogen) atoms. The molecule has 1 aromatic rings. The molecule has 0 fully saturated rings. The van der Waals surface area contributed by atoms with Crippen LogP contribution in [-0.4, -0.2) is 56.7 Å². The second-order valence-electron chi connectivity index (χ2n) is 4.54. The highest BCUT2D eigenvalue weighted by Gasteiger charge is 2.15. The standard InChI is InChI=1S/C14H24N4O3/c1-19-9-8-18(7-5-13(15)16)10-11-14(21-3)12(20-2)4-6-17-11/h4,6H,5,7-10H2,1-3H3,(H3,15,16). The Bertz CT molecular complexity index is 454. The fourth-order valence-electron chi connectivity index (χ4n) is 1.94. The van der Waals surface area contributed by atoms with Crippen molar-refractivity contribution in [1.82, 2.24) is 9.88 Å². The van der Waals surface area contributed by atoms with Crippen LogP contribution in [0.2, 0.25) is 0 Å². The number of amidine groups is 1. The number of hydrogen-bond acceptors (Lipinski definition) is 6. The van der Waals surface area contributed by atoms with Gasteiger partial charge < -0.3 is 19.9 Å². The van der Waals surface area contributed by atoms with Gasteiger partial charge in [-0.25, -0.2) is 0 Å². The molecule has 1 heterocycles. The maximum absolute atomic E-state index is 7.35. The minimum atomic E-state index is 0.169. The van der Waals surface area contributed by atoms with E-state index in [4.69, 9.17) is 25.4 Å². The molecule has 0 aliphatic carbocycles. The van der Waals surface area contributed by atoms with Gasteiger partial charge in [0.25, 0.3) is 0 Å². The Morgan fingerprint density at radius 2 is 2.05 bits per heavy atom. The van der Waals surface area contributed by atoms with Gasteiger partial charge in [0.2, 0.25) is 0 Å². The third-order valence-electron chi connectivity index (χ3n) is 3.05. The maximum Gasteiger partial charge on any atom is 0.183 e. The van der Waals surface area contributed by atoms with E-state index < -0.39 is 0 Å². The summed E-state index contributed by atoms with van der Waals surface area (Å²) in [6.45, 7) is 2.58. The van der Waals surface area contributed by atoms with Crippen molar-refractivity contribution in [2.75, 3.05) is 41.0 Å². The molecule has 0 unspecified atom stereocenters. The minimum absolute atomic E-state index is 0.169. The van der Waals surface area contributed by atoms with Crippen molar-refractivity contribution >= 4 is 5.84 Å². The molecule has 0 saturated carbocycles. The van der Waals surface area contributed by atoms with Crippen molar-refractivity contribution in [1.29, 1.82) is 5.41 Å². The molecule has 7 nitrogen and oxygen atoms in total. The Kier molecular flexibility index (Phi) is 7.49. The zero-order valence-corrected chi connectivity index (χ0v) is 12.9. The molecule has 0 spiro atoms. The van der Waals surface area contributed by atoms with E-state index in [0.29, 0.717) is 37.6 Å². The van der Waals surface area contributed by atoms with Crippen LogP contribution in [0.1, 0.15) is 12.1 Å². The first-order valence-corrected chi connectivity index (χ1v) is 6.72. The fraction of sp³-hybridized carbons (Fsp3) is 0.571. The second-order valence-corrected chi connectivity index (χ2v) is 4.54. The van der Waals surface area contributed by atoms with Gasteiger partial charge in [0.1, 0.15) is 5.69 Å². The van der Waals surface area contributed by atoms with Gasteiger partial charge in [-0.2, -0.15) is 0 Å². The highest BCUT2D eigenvalue weighted by atomic mass is 16.5. The second kappa shape index (κ2) is 9.15. The molecule has 1 aromatic heterocycles. The first-order chi connectivity index (χ1) is 10.1. The van der Waals surface area contributed by atoms with Crippen molar-refractivity contribution < 1.29 is 14.2 Å². The summed E-state index contributed by atoms with van der Waals surface area (Å²) in [7, 11) is 4.85. The first-order valence-electron chi connectivity index (χ1n) is 6.72. The summed E-state index contributed by atoms with van der Waals surface area (Å²) in [6.07, 6.45) is 2.20. The number of nitrogens with zero attached hydrogens (tertiary/aromatic N) is 2. The number of hydrogen-bond donors (Lipinski definition) is 2. The van der Waals surface area contributed by atoms with Gasteiger partial charge in [-0.3, -0.25) is 15.3 Å². The summed E-state index contributed by atoms with van der Waals surface area (Å²) in [5.41, 5.74) is 6.22. The van der Waals surface area contributed by atoms with E-state index in [0.717, 1.165) is 12.2 Å². The van der Waals surface area contributed by atoms with Crippen LogP contribution in [0.15, 0.2) is 12.3 Å². The molecule has 0 amide bonds. The Morgan fingerprint density at radius 3 is 2.62 bits per heavy atom. The minimum Gasteiger partial charge on any atom is -0.493 e. The SMILES string of the molecule is COCCN(CCC(=N)N)Cc1nccc(OC)c1OC. The van der Waals surface area contributed by atoms with E-state index in [1.807, 2.05) is 0 Å². The number of ether oxygens (including phenoxy) is 3. The van der Waals surface area contributed by atoms with E-state index in [9.17, 15) is 0 Å². The molecular formula is C14H24N4O3. The summed E-state index contributed by atoms with van der Waals surface area (Å²) in [6, 6.07) is 1.76. The third kappa shape index (κ3) is 5.57. The highest BCUT2D eigenvalue weighted by Crippen LogP contribution is 2.29. The normalized spacial score (nSPS) is 10.7. The van der Waals surface area contributed by atoms with Crippen molar-refractivity contribution in [2.24, 2.45) is 5.73 Å². The third-order valence-corrected chi connectivity index (χ3v) is 3.05. The molecule has 0 bridgehead atoms. The van der Waals surface area contributed by atoms with Crippen LogP contribution in [0.3, 0.4) is 0 Å². The first kappa shape index (κ1) is 17.2. The molecule has 0 aromatic carbocycles. The number of nitrogens with one attached hydrogen (secondary N) is 1. The lowest BCUT2D eigenvalue weighted by Crippen LogP contribution is -2.31. The van der Waals surface area contributed by atoms with Gasteiger partial charge in [-0.15, -0.1) is 0 Å². The summed E-state index contributed by atoms with van der Waals surface area (Å²) in [5.74, 6) is 1.45. The summed E-state index contributed by atoms with van der Waals surface area (Å²) < 4.78 is 15.8. The Balaban J connectivity index is 2.83. The molecule has 0 aliphatic rings. The molecule has 7 heteroatoms. The largest absolute Gasteiger partial charge is 0.493 e. The molecule has 3 N–H and O–H groups in total. The number of pyridine rings is 1. The lowest BCUT2D eigenvalue weighted by Gasteiger charge is -2.22. The quantitative estimate of drug-likeness (QED) is 0.491. The summed E-state index contributed by atoms with van der Waals surface area (Å²) in [5, 5.41) is 7.35. The van der Waals surface area contributed by atoms with E-state index in [2.05, 4.69) is 9.88 Å². The van der Waals surface area contributed by atoms with E-state index in [-0.39, 0.29) is 5.84 Å². The maximum atomic E-state index is 7.35. The van der Waals surface area contributed by atoms with Gasteiger partial charge in [0.05, 0.1) is 26.7 Å². The van der Waals surface area contributed by atoms with Crippen molar-refractivity contribution in [3.8, 4) is 11.5 Å². The van der Waals surface area contributed by atoms with Crippen LogP contribution in [-0.2, 0) is 11.3 Å². The van der Waals surface area contributed by atoms with Crippen LogP contribution >= 0.6 is 0 Å². The molecule has 0 aliphatic heterocycles.